The van der Waals surface area contributed by atoms with Gasteiger partial charge in [-0.3, -0.25) is 0 Å². The lowest BCUT2D eigenvalue weighted by Crippen LogP contribution is -2.39. The minimum atomic E-state index is 0.138. The van der Waals surface area contributed by atoms with Gasteiger partial charge >= 0.3 is 0 Å². The zero-order valence-electron chi connectivity index (χ0n) is 10.3. The molecule has 0 aromatic carbocycles. The predicted octanol–water partition coefficient (Wildman–Crippen LogP) is 4.28. The van der Waals surface area contributed by atoms with Gasteiger partial charge in [-0.2, -0.15) is 0 Å². The highest BCUT2D eigenvalue weighted by Gasteiger charge is 2.47. The first kappa shape index (κ1) is 11.9. The van der Waals surface area contributed by atoms with E-state index in [2.05, 4.69) is 53.4 Å². The van der Waals surface area contributed by atoms with Crippen LogP contribution in [0.3, 0.4) is 0 Å². The van der Waals surface area contributed by atoms with Crippen LogP contribution < -0.4 is 0 Å². The highest BCUT2D eigenvalue weighted by atomic mass is 31.1. The van der Waals surface area contributed by atoms with Crippen molar-refractivity contribution >= 4 is 7.92 Å². The topological polar surface area (TPSA) is 0 Å². The van der Waals surface area contributed by atoms with E-state index in [1.54, 1.807) is 5.66 Å². The molecule has 1 saturated carbocycles. The van der Waals surface area contributed by atoms with Gasteiger partial charge in [0.1, 0.15) is 0 Å². The van der Waals surface area contributed by atoms with Crippen molar-refractivity contribution in [2.24, 2.45) is 11.8 Å². The van der Waals surface area contributed by atoms with Crippen LogP contribution in [0.15, 0.2) is 0 Å². The van der Waals surface area contributed by atoms with Gasteiger partial charge in [-0.05, 0) is 55.3 Å². The summed E-state index contributed by atoms with van der Waals surface area (Å²) in [5.74, 6) is 1.72. The summed E-state index contributed by atoms with van der Waals surface area (Å²) in [6.45, 7) is 9.55. The fourth-order valence-electron chi connectivity index (χ4n) is 2.69. The number of hydrogen-bond acceptors (Lipinski definition) is 0. The highest BCUT2D eigenvalue weighted by molar-refractivity contribution is 7.64. The van der Waals surface area contributed by atoms with Crippen LogP contribution in [-0.4, -0.2) is 11.3 Å². The summed E-state index contributed by atoms with van der Waals surface area (Å²) in [5, 5.41) is 0. The van der Waals surface area contributed by atoms with Crippen molar-refractivity contribution < 1.29 is 0 Å². The Labute approximate surface area is 97.0 Å². The minimum absolute atomic E-state index is 0.138. The van der Waals surface area contributed by atoms with Gasteiger partial charge in [0.2, 0.25) is 0 Å². The molecule has 1 unspecified atom stereocenters. The Bertz CT molecular complexity index is 187. The lowest BCUT2D eigenvalue weighted by molar-refractivity contribution is 0.445. The van der Waals surface area contributed by atoms with Gasteiger partial charge < -0.3 is 0 Å². The monoisotopic (exact) mass is 221 g/mol. The zero-order valence-corrected chi connectivity index (χ0v) is 11.2. The minimum Gasteiger partial charge on any atom is -0.0918 e. The second kappa shape index (κ2) is 4.74. The summed E-state index contributed by atoms with van der Waals surface area (Å²) in [5.41, 5.74) is 3.61. The molecule has 0 aromatic heterocycles. The number of rotatable bonds is 3. The molecule has 5 radical (unpaired) electrons. The molecule has 0 nitrogen and oxygen atoms in total. The quantitative estimate of drug-likeness (QED) is 0.624. The van der Waals surface area contributed by atoms with Crippen molar-refractivity contribution in [1.82, 2.24) is 0 Å². The summed E-state index contributed by atoms with van der Waals surface area (Å²) in [6.07, 6.45) is 10.5. The van der Waals surface area contributed by atoms with Gasteiger partial charge in [0, 0.05) is 5.66 Å². The van der Waals surface area contributed by atoms with Crippen LogP contribution in [0.25, 0.3) is 0 Å². The molecule has 0 aromatic rings. The fourth-order valence-corrected chi connectivity index (χ4v) is 6.26. The summed E-state index contributed by atoms with van der Waals surface area (Å²) in [6, 6.07) is 0. The van der Waals surface area contributed by atoms with Crippen molar-refractivity contribution in [3.05, 3.63) is 31.3 Å². The van der Waals surface area contributed by atoms with Gasteiger partial charge in [0.05, 0.1) is 0 Å². The molecule has 0 bridgehead atoms. The summed E-state index contributed by atoms with van der Waals surface area (Å²) in [4.78, 5) is 0. The molecule has 1 heteroatoms. The van der Waals surface area contributed by atoms with Crippen LogP contribution >= 0.6 is 7.92 Å². The standard InChI is InChI=1S/C14H22P/c1-10(2)13-9-14(11(3)4)15(13)12-7-5-6-8-12/h5-8,10-11,13-14H,9H2,1-4H3/t13-,14+,15?. The van der Waals surface area contributed by atoms with Gasteiger partial charge in [-0.15, -0.1) is 0 Å². The smallest absolute Gasteiger partial charge is 0.00805 e. The summed E-state index contributed by atoms with van der Waals surface area (Å²) < 4.78 is 0. The van der Waals surface area contributed by atoms with Crippen LogP contribution in [0.1, 0.15) is 34.1 Å². The lowest BCUT2D eigenvalue weighted by Gasteiger charge is -2.52. The fraction of sp³-hybridized carbons (Fsp3) is 0.643. The molecule has 83 valence electrons. The molecule has 2 aliphatic rings. The zero-order chi connectivity index (χ0) is 11.0. The molecule has 1 aliphatic heterocycles. The Kier molecular flexibility index (Phi) is 3.76. The second-order valence-corrected chi connectivity index (χ2v) is 8.07. The van der Waals surface area contributed by atoms with E-state index >= 15 is 0 Å². The lowest BCUT2D eigenvalue weighted by atomic mass is 9.98. The van der Waals surface area contributed by atoms with Gasteiger partial charge in [-0.25, -0.2) is 0 Å². The first-order valence-electron chi connectivity index (χ1n) is 6.11. The van der Waals surface area contributed by atoms with Crippen molar-refractivity contribution in [3.8, 4) is 0 Å². The third kappa shape index (κ3) is 2.26. The van der Waals surface area contributed by atoms with Crippen molar-refractivity contribution in [3.63, 3.8) is 0 Å². The van der Waals surface area contributed by atoms with E-state index in [1.165, 1.54) is 6.42 Å². The van der Waals surface area contributed by atoms with Crippen LogP contribution in [-0.2, 0) is 0 Å². The maximum atomic E-state index is 2.39. The predicted molar refractivity (Wildman–Crippen MR) is 69.2 cm³/mol. The molecule has 1 heterocycles. The Morgan fingerprint density at radius 2 is 1.47 bits per heavy atom. The Balaban J connectivity index is 2.01. The van der Waals surface area contributed by atoms with E-state index in [4.69, 9.17) is 0 Å². The second-order valence-electron chi connectivity index (χ2n) is 5.41. The average Bonchev–Trinajstić information content (AvgIpc) is 2.53. The largest absolute Gasteiger partial charge is 0.0918 e. The van der Waals surface area contributed by atoms with Crippen LogP contribution in [0.5, 0.6) is 0 Å². The van der Waals surface area contributed by atoms with Gasteiger partial charge in [-0.1, -0.05) is 35.6 Å². The maximum absolute atomic E-state index is 2.39. The molecule has 2 rings (SSSR count). The SMILES string of the molecule is CC(C)[C@H]1C[C@@H](C(C)C)P1[C]1[CH][CH][CH][CH]1. The van der Waals surface area contributed by atoms with E-state index in [0.29, 0.717) is 0 Å². The van der Waals surface area contributed by atoms with Crippen LogP contribution in [0, 0.1) is 43.2 Å². The first-order valence-corrected chi connectivity index (χ1v) is 7.59. The molecule has 15 heavy (non-hydrogen) atoms. The normalized spacial score (nSPS) is 37.6. The molecular weight excluding hydrogens is 199 g/mol. The summed E-state index contributed by atoms with van der Waals surface area (Å²) >= 11 is 0. The molecule has 2 fully saturated rings. The van der Waals surface area contributed by atoms with E-state index in [1.807, 2.05) is 0 Å². The molecule has 1 aliphatic carbocycles. The molecule has 0 N–H and O–H groups in total. The van der Waals surface area contributed by atoms with Gasteiger partial charge in [0.15, 0.2) is 0 Å². The molecule has 0 amide bonds. The van der Waals surface area contributed by atoms with Crippen LogP contribution in [0.4, 0.5) is 0 Å². The average molecular weight is 221 g/mol. The van der Waals surface area contributed by atoms with Gasteiger partial charge in [0.25, 0.3) is 0 Å². The third-order valence-corrected chi connectivity index (χ3v) is 7.62. The van der Waals surface area contributed by atoms with E-state index in [9.17, 15) is 0 Å². The third-order valence-electron chi connectivity index (χ3n) is 3.68. The van der Waals surface area contributed by atoms with E-state index < -0.39 is 0 Å². The molecule has 3 atom stereocenters. The highest BCUT2D eigenvalue weighted by Crippen LogP contribution is 2.72. The van der Waals surface area contributed by atoms with E-state index in [0.717, 1.165) is 23.2 Å². The Hall–Kier alpha value is 0.430. The summed E-state index contributed by atoms with van der Waals surface area (Å²) in [7, 11) is 0.138. The van der Waals surface area contributed by atoms with Crippen molar-refractivity contribution in [2.45, 2.75) is 45.4 Å². The maximum Gasteiger partial charge on any atom is 0.00805 e. The van der Waals surface area contributed by atoms with E-state index in [-0.39, 0.29) is 7.92 Å². The molecule has 0 spiro atoms. The first-order chi connectivity index (χ1) is 7.11. The van der Waals surface area contributed by atoms with Crippen molar-refractivity contribution in [2.75, 3.05) is 0 Å². The molecular formula is C14H22P. The Morgan fingerprint density at radius 1 is 1.00 bits per heavy atom. The number of hydrogen-bond donors (Lipinski definition) is 0. The molecule has 1 saturated heterocycles. The van der Waals surface area contributed by atoms with Crippen LogP contribution in [0.2, 0.25) is 0 Å². The Morgan fingerprint density at radius 3 is 1.87 bits per heavy atom. The van der Waals surface area contributed by atoms with Crippen molar-refractivity contribution in [1.29, 1.82) is 0 Å².